The Bertz CT molecular complexity index is 386. The van der Waals surface area contributed by atoms with E-state index >= 15 is 0 Å². The van der Waals surface area contributed by atoms with E-state index < -0.39 is 6.61 Å². The lowest BCUT2D eigenvalue weighted by Crippen LogP contribution is -2.49. The molecule has 0 aliphatic heterocycles. The van der Waals surface area contributed by atoms with Gasteiger partial charge in [0.05, 0.1) is 0 Å². The Morgan fingerprint density at radius 2 is 2.06 bits per heavy atom. The molecule has 2 nitrogen and oxygen atoms in total. The number of hydrogen-bond donors (Lipinski definition) is 1. The average Bonchev–Trinajstić information content (AvgIpc) is 2.29. The average molecular weight is 255 g/mol. The van der Waals surface area contributed by atoms with Crippen LogP contribution in [0.4, 0.5) is 8.78 Å². The van der Waals surface area contributed by atoms with E-state index in [1.54, 1.807) is 12.1 Å². The van der Waals surface area contributed by atoms with Crippen LogP contribution in [0, 0.1) is 0 Å². The van der Waals surface area contributed by atoms with Crippen molar-refractivity contribution in [2.24, 2.45) is 0 Å². The molecule has 0 amide bonds. The van der Waals surface area contributed by atoms with Gasteiger partial charge in [0.15, 0.2) is 0 Å². The van der Waals surface area contributed by atoms with Gasteiger partial charge in [-0.05, 0) is 31.7 Å². The summed E-state index contributed by atoms with van der Waals surface area (Å²) in [6.45, 7) is -0.0280. The molecule has 1 aromatic rings. The van der Waals surface area contributed by atoms with Gasteiger partial charge < -0.3 is 10.1 Å². The molecule has 0 saturated heterocycles. The molecule has 1 N–H and O–H groups in total. The number of alkyl halides is 2. The van der Waals surface area contributed by atoms with Crippen molar-refractivity contribution in [1.82, 2.24) is 5.32 Å². The molecule has 0 atom stereocenters. The molecule has 1 saturated carbocycles. The van der Waals surface area contributed by atoms with Crippen LogP contribution < -0.4 is 10.1 Å². The van der Waals surface area contributed by atoms with Crippen LogP contribution in [0.3, 0.4) is 0 Å². The maximum Gasteiger partial charge on any atom is 0.387 e. The van der Waals surface area contributed by atoms with E-state index in [9.17, 15) is 8.78 Å². The van der Waals surface area contributed by atoms with Crippen LogP contribution in [0.2, 0.25) is 0 Å². The first kappa shape index (κ1) is 13.3. The second-order valence-corrected chi connectivity index (χ2v) is 4.83. The Kier molecular flexibility index (Phi) is 4.17. The van der Waals surface area contributed by atoms with Gasteiger partial charge in [-0.15, -0.1) is 0 Å². The van der Waals surface area contributed by atoms with Crippen molar-refractivity contribution >= 4 is 0 Å². The smallest absolute Gasteiger partial charge is 0.387 e. The molecule has 1 fully saturated rings. The standard InChI is InChI=1S/C14H19F2NO/c1-2-14(8-5-9-14)17-10-11-6-3-4-7-12(11)18-13(15)16/h3-4,6-7,13,17H,2,5,8-10H2,1H3. The lowest BCUT2D eigenvalue weighted by molar-refractivity contribution is -0.0505. The topological polar surface area (TPSA) is 21.3 Å². The molecule has 0 radical (unpaired) electrons. The van der Waals surface area contributed by atoms with E-state index in [-0.39, 0.29) is 11.3 Å². The van der Waals surface area contributed by atoms with Crippen LogP contribution in [0.5, 0.6) is 5.75 Å². The van der Waals surface area contributed by atoms with Crippen LogP contribution >= 0.6 is 0 Å². The van der Waals surface area contributed by atoms with E-state index in [4.69, 9.17) is 0 Å². The van der Waals surface area contributed by atoms with Crippen molar-refractivity contribution in [3.8, 4) is 5.75 Å². The molecular formula is C14H19F2NO. The minimum atomic E-state index is -2.77. The van der Waals surface area contributed by atoms with Crippen molar-refractivity contribution in [3.05, 3.63) is 29.8 Å². The highest BCUT2D eigenvalue weighted by atomic mass is 19.3. The molecule has 1 aliphatic carbocycles. The Hall–Kier alpha value is -1.16. The van der Waals surface area contributed by atoms with Crippen molar-refractivity contribution < 1.29 is 13.5 Å². The third-order valence-corrected chi connectivity index (χ3v) is 3.83. The maximum atomic E-state index is 12.3. The molecule has 0 unspecified atom stereocenters. The third kappa shape index (κ3) is 2.99. The van der Waals surface area contributed by atoms with Crippen molar-refractivity contribution in [2.45, 2.75) is 51.3 Å². The van der Waals surface area contributed by atoms with Gasteiger partial charge >= 0.3 is 6.61 Å². The van der Waals surface area contributed by atoms with E-state index in [0.29, 0.717) is 6.54 Å². The molecule has 100 valence electrons. The van der Waals surface area contributed by atoms with E-state index in [0.717, 1.165) is 12.0 Å². The molecule has 1 aliphatic rings. The number of para-hydroxylation sites is 1. The van der Waals surface area contributed by atoms with Gasteiger partial charge in [0, 0.05) is 17.6 Å². The lowest BCUT2D eigenvalue weighted by atomic mass is 9.75. The molecule has 0 spiro atoms. The summed E-state index contributed by atoms with van der Waals surface area (Å²) in [6, 6.07) is 6.96. The lowest BCUT2D eigenvalue weighted by Gasteiger charge is -2.42. The van der Waals surface area contributed by atoms with E-state index in [2.05, 4.69) is 17.0 Å². The first-order chi connectivity index (χ1) is 8.65. The van der Waals surface area contributed by atoms with Crippen molar-refractivity contribution in [3.63, 3.8) is 0 Å². The summed E-state index contributed by atoms with van der Waals surface area (Å²) in [7, 11) is 0. The Morgan fingerprint density at radius 1 is 1.33 bits per heavy atom. The fraction of sp³-hybridized carbons (Fsp3) is 0.571. The molecule has 18 heavy (non-hydrogen) atoms. The third-order valence-electron chi connectivity index (χ3n) is 3.83. The molecule has 0 bridgehead atoms. The Morgan fingerprint density at radius 3 is 2.61 bits per heavy atom. The minimum absolute atomic E-state index is 0.206. The molecule has 2 rings (SSSR count). The summed E-state index contributed by atoms with van der Waals surface area (Å²) < 4.78 is 29.1. The number of hydrogen-bond acceptors (Lipinski definition) is 2. The zero-order valence-electron chi connectivity index (χ0n) is 10.6. The highest BCUT2D eigenvalue weighted by molar-refractivity contribution is 5.33. The Balaban J connectivity index is 2.00. The fourth-order valence-electron chi connectivity index (χ4n) is 2.40. The predicted octanol–water partition coefficient (Wildman–Crippen LogP) is 3.71. The quantitative estimate of drug-likeness (QED) is 0.836. The highest BCUT2D eigenvalue weighted by Crippen LogP contribution is 2.35. The van der Waals surface area contributed by atoms with Gasteiger partial charge in [0.25, 0.3) is 0 Å². The zero-order valence-corrected chi connectivity index (χ0v) is 10.6. The van der Waals surface area contributed by atoms with Crippen molar-refractivity contribution in [2.75, 3.05) is 0 Å². The SMILES string of the molecule is CCC1(NCc2ccccc2OC(F)F)CCC1. The second-order valence-electron chi connectivity index (χ2n) is 4.83. The number of nitrogens with one attached hydrogen (secondary N) is 1. The Labute approximate surface area is 106 Å². The summed E-state index contributed by atoms with van der Waals surface area (Å²) in [5.41, 5.74) is 0.996. The predicted molar refractivity (Wildman–Crippen MR) is 66.8 cm³/mol. The number of halogens is 2. The van der Waals surface area contributed by atoms with Gasteiger partial charge in [-0.1, -0.05) is 25.1 Å². The van der Waals surface area contributed by atoms with Crippen LogP contribution in [0.25, 0.3) is 0 Å². The number of ether oxygens (including phenoxy) is 1. The number of benzene rings is 1. The van der Waals surface area contributed by atoms with Crippen molar-refractivity contribution in [1.29, 1.82) is 0 Å². The minimum Gasteiger partial charge on any atom is -0.434 e. The summed E-state index contributed by atoms with van der Waals surface area (Å²) in [4.78, 5) is 0. The molecular weight excluding hydrogens is 236 g/mol. The van der Waals surface area contributed by atoms with E-state index in [1.165, 1.54) is 19.3 Å². The van der Waals surface area contributed by atoms with Crippen LogP contribution in [-0.4, -0.2) is 12.2 Å². The van der Waals surface area contributed by atoms with Crippen LogP contribution in [0.15, 0.2) is 24.3 Å². The normalized spacial score (nSPS) is 17.6. The molecule has 0 heterocycles. The molecule has 1 aromatic carbocycles. The fourth-order valence-corrected chi connectivity index (χ4v) is 2.40. The first-order valence-electron chi connectivity index (χ1n) is 6.43. The van der Waals surface area contributed by atoms with E-state index in [1.807, 2.05) is 12.1 Å². The first-order valence-corrected chi connectivity index (χ1v) is 6.43. The molecule has 4 heteroatoms. The van der Waals surface area contributed by atoms with Gasteiger partial charge in [-0.25, -0.2) is 0 Å². The maximum absolute atomic E-state index is 12.3. The monoisotopic (exact) mass is 255 g/mol. The van der Waals surface area contributed by atoms with Gasteiger partial charge in [-0.3, -0.25) is 0 Å². The highest BCUT2D eigenvalue weighted by Gasteiger charge is 2.34. The largest absolute Gasteiger partial charge is 0.434 e. The summed E-state index contributed by atoms with van der Waals surface area (Å²) in [5, 5.41) is 3.49. The summed E-state index contributed by atoms with van der Waals surface area (Å²) in [6.07, 6.45) is 4.66. The van der Waals surface area contributed by atoms with Gasteiger partial charge in [-0.2, -0.15) is 8.78 Å². The summed E-state index contributed by atoms with van der Waals surface area (Å²) in [5.74, 6) is 0.269. The van der Waals surface area contributed by atoms with Gasteiger partial charge in [0.1, 0.15) is 5.75 Å². The zero-order chi connectivity index (χ0) is 13.0. The second kappa shape index (κ2) is 5.65. The number of rotatable bonds is 6. The molecule has 0 aromatic heterocycles. The van der Waals surface area contributed by atoms with Crippen LogP contribution in [0.1, 0.15) is 38.2 Å². The van der Waals surface area contributed by atoms with Gasteiger partial charge in [0.2, 0.25) is 0 Å². The van der Waals surface area contributed by atoms with Crippen LogP contribution in [-0.2, 0) is 6.54 Å². The summed E-state index contributed by atoms with van der Waals surface area (Å²) >= 11 is 0.